The third-order valence-electron chi connectivity index (χ3n) is 0. The molecular weight excluding hydrogens is 236 g/mol. The second-order valence-corrected chi connectivity index (χ2v) is 0.247. The van der Waals surface area contributed by atoms with Gasteiger partial charge in [0, 0.05) is 37.3 Å². The van der Waals surface area contributed by atoms with E-state index in [0.717, 1.165) is 0 Å². The van der Waals surface area contributed by atoms with E-state index in [-0.39, 0.29) is 37.3 Å². The first kappa shape index (κ1) is 9.40. The van der Waals surface area contributed by atoms with Crippen molar-refractivity contribution in [3.05, 3.63) is 0 Å². The summed E-state index contributed by atoms with van der Waals surface area (Å²) in [7, 11) is 0. The van der Waals surface area contributed by atoms with Crippen molar-refractivity contribution in [2.24, 2.45) is 0 Å². The number of hydrogen-bond donors (Lipinski definition) is 0. The van der Waals surface area contributed by atoms with E-state index in [4.69, 9.17) is 0 Å². The maximum absolute atomic E-state index is 9.67. The predicted molar refractivity (Wildman–Crippen MR) is 7.11 cm³/mol. The Morgan fingerprint density at radius 3 is 1.00 bits per heavy atom. The van der Waals surface area contributed by atoms with Crippen LogP contribution in [0.1, 0.15) is 0 Å². The van der Waals surface area contributed by atoms with Gasteiger partial charge in [-0.1, -0.05) is 0 Å². The van der Waals surface area contributed by atoms with Crippen LogP contribution in [-0.4, -0.2) is 6.68 Å². The van der Waals surface area contributed by atoms with Gasteiger partial charge in [-0.25, -0.2) is 0 Å². The first-order valence-corrected chi connectivity index (χ1v) is 0.655. The van der Waals surface area contributed by atoms with Gasteiger partial charge in [-0.3, -0.25) is 0 Å². The molecule has 4 heteroatoms. The van der Waals surface area contributed by atoms with Crippen molar-refractivity contribution >= 4 is 0 Å². The quantitative estimate of drug-likeness (QED) is 0.593. The van der Waals surface area contributed by atoms with Crippen molar-refractivity contribution in [1.29, 1.82) is 0 Å². The summed E-state index contributed by atoms with van der Waals surface area (Å²) in [5.41, 5.74) is 0. The Morgan fingerprint density at radius 2 is 1.00 bits per heavy atom. The zero-order valence-electron chi connectivity index (χ0n) is 2.00. The maximum Gasteiger partial charge on any atom is 0.379 e. The molecule has 5 heavy (non-hydrogen) atoms. The fourth-order valence-electron chi connectivity index (χ4n) is 0. The van der Waals surface area contributed by atoms with Gasteiger partial charge in [-0.15, -0.1) is 0 Å². The van der Waals surface area contributed by atoms with Crippen molar-refractivity contribution in [3.63, 3.8) is 0 Å². The molecule has 0 atom stereocenters. The molecule has 0 rings (SSSR count). The molecule has 0 bridgehead atoms. The zero-order valence-corrected chi connectivity index (χ0v) is 3.85. The molecule has 0 N–H and O–H groups in total. The summed E-state index contributed by atoms with van der Waals surface area (Å²) in [5.74, 6) is 0. The van der Waals surface area contributed by atoms with Gasteiger partial charge < -0.3 is 0 Å². The SMILES string of the molecule is FC(F)F.[Er]. The van der Waals surface area contributed by atoms with E-state index in [1.165, 1.54) is 0 Å². The van der Waals surface area contributed by atoms with Gasteiger partial charge >= 0.3 is 6.68 Å². The summed E-state index contributed by atoms with van der Waals surface area (Å²) in [6.07, 6.45) is 0. The van der Waals surface area contributed by atoms with E-state index in [1.807, 2.05) is 0 Å². The van der Waals surface area contributed by atoms with Crippen LogP contribution in [0.3, 0.4) is 0 Å². The third kappa shape index (κ3) is 43.2. The van der Waals surface area contributed by atoms with E-state index in [9.17, 15) is 13.2 Å². The van der Waals surface area contributed by atoms with Gasteiger partial charge in [0.25, 0.3) is 0 Å². The van der Waals surface area contributed by atoms with Crippen LogP contribution in [0.5, 0.6) is 0 Å². The average Bonchev–Trinajstić information content (AvgIpc) is 0.811. The smallest absolute Gasteiger partial charge is 0.174 e. The third-order valence-corrected chi connectivity index (χ3v) is 0. The van der Waals surface area contributed by atoms with Crippen molar-refractivity contribution in [3.8, 4) is 0 Å². The molecule has 0 saturated carbocycles. The molecule has 0 aliphatic heterocycles. The number of hydrogen-bond acceptors (Lipinski definition) is 0. The second kappa shape index (κ2) is 5.04. The van der Waals surface area contributed by atoms with Crippen LogP contribution in [0.2, 0.25) is 0 Å². The summed E-state index contributed by atoms with van der Waals surface area (Å²) in [4.78, 5) is 0. The minimum absolute atomic E-state index is 0. The van der Waals surface area contributed by atoms with Crippen molar-refractivity contribution in [2.75, 3.05) is 0 Å². The predicted octanol–water partition coefficient (Wildman–Crippen LogP) is 1.18. The Morgan fingerprint density at radius 1 is 1.00 bits per heavy atom. The van der Waals surface area contributed by atoms with Gasteiger partial charge in [0.1, 0.15) is 0 Å². The van der Waals surface area contributed by atoms with Crippen LogP contribution < -0.4 is 0 Å². The van der Waals surface area contributed by atoms with Crippen LogP contribution in [0.25, 0.3) is 0 Å². The van der Waals surface area contributed by atoms with Crippen LogP contribution in [-0.2, 0) is 0 Å². The largest absolute Gasteiger partial charge is 0.379 e. The van der Waals surface area contributed by atoms with E-state index < -0.39 is 6.68 Å². The van der Waals surface area contributed by atoms with E-state index >= 15 is 0 Å². The summed E-state index contributed by atoms with van der Waals surface area (Å²) in [6, 6.07) is 0. The molecule has 0 aromatic heterocycles. The average molecular weight is 237 g/mol. The van der Waals surface area contributed by atoms with E-state index in [2.05, 4.69) is 0 Å². The number of alkyl halides is 3. The first-order valence-electron chi connectivity index (χ1n) is 0.655. The minimum atomic E-state index is -3.67. The van der Waals surface area contributed by atoms with Crippen LogP contribution >= 0.6 is 0 Å². The molecule has 38 valence electrons. The van der Waals surface area contributed by atoms with Crippen LogP contribution in [0.4, 0.5) is 13.2 Å². The number of rotatable bonds is 0. The molecule has 0 heterocycles. The standard InChI is InChI=1S/CHF3.Er/c2-1(3)4;/h1H;. The Kier molecular flexibility index (Phi) is 9.47. The molecule has 0 aliphatic carbocycles. The first-order chi connectivity index (χ1) is 1.73. The Hall–Kier alpha value is 1.04. The van der Waals surface area contributed by atoms with Crippen molar-refractivity contribution in [2.45, 2.75) is 6.68 Å². The molecule has 0 unspecified atom stereocenters. The fourth-order valence-corrected chi connectivity index (χ4v) is 0. The topological polar surface area (TPSA) is 0 Å². The molecule has 0 radical (unpaired) electrons. The second-order valence-electron chi connectivity index (χ2n) is 0.247. The summed E-state index contributed by atoms with van der Waals surface area (Å²) in [5, 5.41) is 0. The Bertz CT molecular complexity index is 11.6. The molecule has 0 saturated heterocycles. The summed E-state index contributed by atoms with van der Waals surface area (Å²) in [6.45, 7) is -3.67. The molecule has 0 aromatic rings. The zero-order chi connectivity index (χ0) is 3.58. The number of halogens is 3. The fraction of sp³-hybridized carbons (Fsp3) is 1.00. The molecule has 0 aliphatic rings. The van der Waals surface area contributed by atoms with Gasteiger partial charge in [0.05, 0.1) is 0 Å². The van der Waals surface area contributed by atoms with E-state index in [1.54, 1.807) is 0 Å². The molecule has 0 fully saturated rings. The minimum Gasteiger partial charge on any atom is -0.174 e. The van der Waals surface area contributed by atoms with Crippen molar-refractivity contribution < 1.29 is 50.5 Å². The van der Waals surface area contributed by atoms with Gasteiger partial charge in [-0.2, -0.15) is 13.2 Å². The summed E-state index contributed by atoms with van der Waals surface area (Å²) >= 11 is 0. The van der Waals surface area contributed by atoms with Crippen LogP contribution in [0, 0.1) is 37.3 Å². The monoisotopic (exact) mass is 236 g/mol. The molecule has 0 amide bonds. The molecule has 0 spiro atoms. The van der Waals surface area contributed by atoms with Gasteiger partial charge in [0.2, 0.25) is 0 Å². The maximum atomic E-state index is 9.67. The summed E-state index contributed by atoms with van der Waals surface area (Å²) < 4.78 is 29.0. The van der Waals surface area contributed by atoms with Crippen LogP contribution in [0.15, 0.2) is 0 Å². The normalized spacial score (nSPS) is 7.20. The van der Waals surface area contributed by atoms with Crippen molar-refractivity contribution in [1.82, 2.24) is 0 Å². The molecular formula is CHErF3. The van der Waals surface area contributed by atoms with Gasteiger partial charge in [0.15, 0.2) is 0 Å². The van der Waals surface area contributed by atoms with Gasteiger partial charge in [-0.05, 0) is 0 Å². The Balaban J connectivity index is 0. The van der Waals surface area contributed by atoms with E-state index in [0.29, 0.717) is 0 Å². The Labute approximate surface area is 56.9 Å². The molecule has 0 aromatic carbocycles. The molecule has 0 nitrogen and oxygen atoms in total.